The Morgan fingerprint density at radius 3 is 2.08 bits per heavy atom. The average Bonchev–Trinajstić information content (AvgIpc) is 2.75. The number of epoxide rings is 2. The Bertz CT molecular complexity index is 202. The van der Waals surface area contributed by atoms with Crippen LogP contribution in [0.4, 0.5) is 0 Å². The third kappa shape index (κ3) is 1.26. The molecule has 2 aliphatic heterocycles. The molecule has 3 atom stereocenters. The lowest BCUT2D eigenvalue weighted by Crippen LogP contribution is -2.18. The van der Waals surface area contributed by atoms with Crippen molar-refractivity contribution in [3.63, 3.8) is 0 Å². The van der Waals surface area contributed by atoms with Crippen LogP contribution in [-0.2, 0) is 9.47 Å². The molecule has 0 amide bonds. The second-order valence-electron chi connectivity index (χ2n) is 4.52. The Labute approximate surface area is 72.7 Å². The normalized spacial score (nSPS) is 49.0. The molecule has 2 saturated heterocycles. The van der Waals surface area contributed by atoms with Crippen LogP contribution in [0.15, 0.2) is 0 Å². The molecule has 70 valence electrons. The van der Waals surface area contributed by atoms with Gasteiger partial charge in [-0.05, 0) is 20.8 Å². The van der Waals surface area contributed by atoms with Gasteiger partial charge >= 0.3 is 0 Å². The fourth-order valence-corrected chi connectivity index (χ4v) is 1.69. The molecule has 0 radical (unpaired) electrons. The molecule has 0 aromatic rings. The van der Waals surface area contributed by atoms with Crippen LogP contribution in [0, 0.1) is 0 Å². The van der Waals surface area contributed by atoms with E-state index in [4.69, 9.17) is 14.6 Å². The minimum Gasteiger partial charge on any atom is -0.394 e. The van der Waals surface area contributed by atoms with Crippen molar-refractivity contribution in [1.82, 2.24) is 0 Å². The zero-order chi connectivity index (χ0) is 8.98. The molecule has 1 N–H and O–H groups in total. The molecule has 0 spiro atoms. The van der Waals surface area contributed by atoms with Crippen LogP contribution in [0.5, 0.6) is 0 Å². The largest absolute Gasteiger partial charge is 0.394 e. The van der Waals surface area contributed by atoms with Crippen molar-refractivity contribution in [2.24, 2.45) is 0 Å². The van der Waals surface area contributed by atoms with Crippen LogP contribution in [0.3, 0.4) is 0 Å². The molecule has 0 aromatic heterocycles. The van der Waals surface area contributed by atoms with Gasteiger partial charge in [0.25, 0.3) is 0 Å². The molecule has 2 fully saturated rings. The molecule has 0 aliphatic carbocycles. The van der Waals surface area contributed by atoms with Gasteiger partial charge in [-0.25, -0.2) is 0 Å². The van der Waals surface area contributed by atoms with Gasteiger partial charge in [-0.15, -0.1) is 0 Å². The van der Waals surface area contributed by atoms with Crippen molar-refractivity contribution < 1.29 is 14.6 Å². The fourth-order valence-electron chi connectivity index (χ4n) is 1.69. The van der Waals surface area contributed by atoms with Gasteiger partial charge in [0.1, 0.15) is 6.10 Å². The molecule has 2 heterocycles. The maximum Gasteiger partial charge on any atom is 0.110 e. The first-order chi connectivity index (χ1) is 5.48. The van der Waals surface area contributed by atoms with E-state index < -0.39 is 0 Å². The van der Waals surface area contributed by atoms with Gasteiger partial charge < -0.3 is 14.6 Å². The highest BCUT2D eigenvalue weighted by Crippen LogP contribution is 2.48. The zero-order valence-electron chi connectivity index (χ0n) is 7.83. The van der Waals surface area contributed by atoms with Crippen molar-refractivity contribution in [2.75, 3.05) is 6.61 Å². The smallest absolute Gasteiger partial charge is 0.110 e. The van der Waals surface area contributed by atoms with Crippen LogP contribution in [0.2, 0.25) is 0 Å². The molecule has 0 aromatic carbocycles. The molecule has 0 bridgehead atoms. The minimum atomic E-state index is -0.118. The number of hydrogen-bond acceptors (Lipinski definition) is 3. The summed E-state index contributed by atoms with van der Waals surface area (Å²) in [6.07, 6.45) is 1.27. The van der Waals surface area contributed by atoms with E-state index in [1.54, 1.807) is 0 Å². The third-order valence-electron chi connectivity index (χ3n) is 2.96. The highest BCUT2D eigenvalue weighted by molar-refractivity contribution is 5.07. The van der Waals surface area contributed by atoms with Gasteiger partial charge in [0, 0.05) is 6.42 Å². The van der Waals surface area contributed by atoms with Crippen LogP contribution in [-0.4, -0.2) is 35.1 Å². The predicted molar refractivity (Wildman–Crippen MR) is 43.9 cm³/mol. The minimum absolute atomic E-state index is 0.0367. The van der Waals surface area contributed by atoms with Crippen molar-refractivity contribution in [3.05, 3.63) is 0 Å². The van der Waals surface area contributed by atoms with Crippen LogP contribution < -0.4 is 0 Å². The van der Waals surface area contributed by atoms with Crippen LogP contribution in [0.25, 0.3) is 0 Å². The summed E-state index contributed by atoms with van der Waals surface area (Å²) in [6.45, 7) is 6.32. The van der Waals surface area contributed by atoms with Gasteiger partial charge in [-0.3, -0.25) is 0 Å². The highest BCUT2D eigenvalue weighted by atomic mass is 16.6. The van der Waals surface area contributed by atoms with E-state index in [1.807, 2.05) is 6.92 Å². The first kappa shape index (κ1) is 8.48. The number of ether oxygens (including phenoxy) is 2. The third-order valence-corrected chi connectivity index (χ3v) is 2.96. The second kappa shape index (κ2) is 2.22. The molecule has 2 aliphatic rings. The Morgan fingerprint density at radius 2 is 1.75 bits per heavy atom. The summed E-state index contributed by atoms with van der Waals surface area (Å²) in [6, 6.07) is 0. The van der Waals surface area contributed by atoms with E-state index in [2.05, 4.69) is 13.8 Å². The number of hydrogen-bond donors (Lipinski definition) is 1. The van der Waals surface area contributed by atoms with E-state index in [1.165, 1.54) is 0 Å². The maximum absolute atomic E-state index is 8.84. The number of rotatable bonds is 3. The van der Waals surface area contributed by atoms with E-state index >= 15 is 0 Å². The molecule has 3 heteroatoms. The quantitative estimate of drug-likeness (QED) is 0.637. The van der Waals surface area contributed by atoms with Crippen molar-refractivity contribution in [2.45, 2.75) is 50.6 Å². The first-order valence-electron chi connectivity index (χ1n) is 4.44. The fraction of sp³-hybridized carbons (Fsp3) is 1.00. The molecule has 2 rings (SSSR count). The first-order valence-corrected chi connectivity index (χ1v) is 4.44. The lowest BCUT2D eigenvalue weighted by molar-refractivity contribution is 0.231. The Kier molecular flexibility index (Phi) is 1.57. The molecular weight excluding hydrogens is 156 g/mol. The number of aliphatic hydroxyl groups is 1. The van der Waals surface area contributed by atoms with Crippen molar-refractivity contribution >= 4 is 0 Å². The topological polar surface area (TPSA) is 45.3 Å². The van der Waals surface area contributed by atoms with Crippen molar-refractivity contribution in [3.8, 4) is 0 Å². The highest BCUT2D eigenvalue weighted by Gasteiger charge is 2.59. The summed E-state index contributed by atoms with van der Waals surface area (Å²) in [4.78, 5) is 0. The summed E-state index contributed by atoms with van der Waals surface area (Å²) in [5, 5.41) is 8.84. The van der Waals surface area contributed by atoms with Gasteiger partial charge in [0.2, 0.25) is 0 Å². The summed E-state index contributed by atoms with van der Waals surface area (Å²) in [5.74, 6) is 0. The summed E-state index contributed by atoms with van der Waals surface area (Å²) in [7, 11) is 0. The molecule has 3 unspecified atom stereocenters. The lowest BCUT2D eigenvalue weighted by Gasteiger charge is -2.02. The summed E-state index contributed by atoms with van der Waals surface area (Å²) < 4.78 is 10.8. The SMILES string of the molecule is CC1(C)OC1CC1(C)OC1CO. The van der Waals surface area contributed by atoms with Gasteiger partial charge in [0.05, 0.1) is 23.9 Å². The average molecular weight is 172 g/mol. The number of aliphatic hydroxyl groups excluding tert-OH is 1. The van der Waals surface area contributed by atoms with Crippen LogP contribution in [0.1, 0.15) is 27.2 Å². The van der Waals surface area contributed by atoms with E-state index in [0.717, 1.165) is 6.42 Å². The Balaban J connectivity index is 1.83. The molecular formula is C9H16O3. The standard InChI is InChI=1S/C9H16O3/c1-8(2)6(11-8)4-9(3)7(5-10)12-9/h6-7,10H,4-5H2,1-3H3. The maximum atomic E-state index is 8.84. The summed E-state index contributed by atoms with van der Waals surface area (Å²) in [5.41, 5.74) is -0.0812. The van der Waals surface area contributed by atoms with Gasteiger partial charge in [-0.2, -0.15) is 0 Å². The lowest BCUT2D eigenvalue weighted by atomic mass is 9.97. The zero-order valence-corrected chi connectivity index (χ0v) is 7.83. The Morgan fingerprint density at radius 1 is 1.17 bits per heavy atom. The van der Waals surface area contributed by atoms with Crippen molar-refractivity contribution in [1.29, 1.82) is 0 Å². The summed E-state index contributed by atoms with van der Waals surface area (Å²) >= 11 is 0. The van der Waals surface area contributed by atoms with E-state index in [-0.39, 0.29) is 23.9 Å². The van der Waals surface area contributed by atoms with Gasteiger partial charge in [-0.1, -0.05) is 0 Å². The monoisotopic (exact) mass is 172 g/mol. The molecule has 12 heavy (non-hydrogen) atoms. The van der Waals surface area contributed by atoms with Crippen LogP contribution >= 0.6 is 0 Å². The van der Waals surface area contributed by atoms with E-state index in [9.17, 15) is 0 Å². The molecule has 3 nitrogen and oxygen atoms in total. The second-order valence-corrected chi connectivity index (χ2v) is 4.52. The predicted octanol–water partition coefficient (Wildman–Crippen LogP) is 0.704. The van der Waals surface area contributed by atoms with E-state index in [0.29, 0.717) is 6.10 Å². The molecule has 0 saturated carbocycles. The Hall–Kier alpha value is -0.120. The van der Waals surface area contributed by atoms with Gasteiger partial charge in [0.15, 0.2) is 0 Å².